The normalized spacial score (nSPS) is 11.7. The molecule has 0 spiro atoms. The van der Waals surface area contributed by atoms with Gasteiger partial charge in [-0.2, -0.15) is 0 Å². The quantitative estimate of drug-likeness (QED) is 0.485. The molecule has 4 aromatic rings. The van der Waals surface area contributed by atoms with Crippen LogP contribution in [-0.2, 0) is 0 Å². The van der Waals surface area contributed by atoms with Gasteiger partial charge in [-0.15, -0.1) is 0 Å². The SMILES string of the molecule is CC(c1cccc(NC(=O)c2ccccc2)c1)N(C)C(=O)c1ccc2ccccc2n1. The van der Waals surface area contributed by atoms with Crippen LogP contribution in [0.1, 0.15) is 39.4 Å². The van der Waals surface area contributed by atoms with Gasteiger partial charge in [0.1, 0.15) is 5.69 Å². The fourth-order valence-corrected chi connectivity index (χ4v) is 3.43. The molecule has 5 nitrogen and oxygen atoms in total. The second-order valence-corrected chi connectivity index (χ2v) is 7.43. The Bertz CT molecular complexity index is 1240. The summed E-state index contributed by atoms with van der Waals surface area (Å²) in [5, 5.41) is 3.92. The van der Waals surface area contributed by atoms with E-state index in [1.54, 1.807) is 30.1 Å². The van der Waals surface area contributed by atoms with Crippen molar-refractivity contribution in [2.75, 3.05) is 12.4 Å². The summed E-state index contributed by atoms with van der Waals surface area (Å²) in [6.07, 6.45) is 0. The molecule has 1 atom stereocenters. The molecule has 0 aliphatic carbocycles. The van der Waals surface area contributed by atoms with E-state index in [9.17, 15) is 9.59 Å². The lowest BCUT2D eigenvalue weighted by Gasteiger charge is -2.25. The molecule has 0 saturated carbocycles. The number of anilines is 1. The zero-order valence-electron chi connectivity index (χ0n) is 17.4. The highest BCUT2D eigenvalue weighted by molar-refractivity contribution is 6.04. The molecule has 4 rings (SSSR count). The number of aromatic nitrogens is 1. The Hall–Kier alpha value is -3.99. The average molecular weight is 409 g/mol. The molecule has 0 saturated heterocycles. The predicted molar refractivity (Wildman–Crippen MR) is 123 cm³/mol. The minimum absolute atomic E-state index is 0.156. The van der Waals surface area contributed by atoms with Crippen LogP contribution in [0.4, 0.5) is 5.69 Å². The van der Waals surface area contributed by atoms with E-state index in [-0.39, 0.29) is 17.9 Å². The van der Waals surface area contributed by atoms with Crippen molar-refractivity contribution < 1.29 is 9.59 Å². The van der Waals surface area contributed by atoms with Gasteiger partial charge in [-0.1, -0.05) is 54.6 Å². The molecule has 0 aliphatic heterocycles. The molecule has 3 aromatic carbocycles. The lowest BCUT2D eigenvalue weighted by atomic mass is 10.1. The molecule has 2 amide bonds. The molecule has 154 valence electrons. The molecule has 1 N–H and O–H groups in total. The number of hydrogen-bond donors (Lipinski definition) is 1. The molecule has 1 aromatic heterocycles. The van der Waals surface area contributed by atoms with Crippen molar-refractivity contribution >= 4 is 28.4 Å². The van der Waals surface area contributed by atoms with Gasteiger partial charge in [-0.05, 0) is 48.9 Å². The second-order valence-electron chi connectivity index (χ2n) is 7.43. The summed E-state index contributed by atoms with van der Waals surface area (Å²) < 4.78 is 0. The first-order chi connectivity index (χ1) is 15.0. The number of carbonyl (C=O) groups excluding carboxylic acids is 2. The molecule has 0 aliphatic rings. The van der Waals surface area contributed by atoms with Crippen molar-refractivity contribution in [1.82, 2.24) is 9.88 Å². The first-order valence-electron chi connectivity index (χ1n) is 10.1. The van der Waals surface area contributed by atoms with Gasteiger partial charge in [0.25, 0.3) is 11.8 Å². The van der Waals surface area contributed by atoms with Crippen LogP contribution in [0.5, 0.6) is 0 Å². The molecular formula is C26H23N3O2. The number of para-hydroxylation sites is 1. The Morgan fingerprint density at radius 1 is 0.871 bits per heavy atom. The van der Waals surface area contributed by atoms with Gasteiger partial charge in [0.2, 0.25) is 0 Å². The van der Waals surface area contributed by atoms with Crippen molar-refractivity contribution in [2.24, 2.45) is 0 Å². The summed E-state index contributed by atoms with van der Waals surface area (Å²) >= 11 is 0. The predicted octanol–water partition coefficient (Wildman–Crippen LogP) is 5.32. The number of rotatable bonds is 5. The zero-order valence-corrected chi connectivity index (χ0v) is 17.4. The Morgan fingerprint density at radius 2 is 1.61 bits per heavy atom. The number of nitrogens with one attached hydrogen (secondary N) is 1. The van der Waals surface area contributed by atoms with Crippen LogP contribution in [0.3, 0.4) is 0 Å². The van der Waals surface area contributed by atoms with Gasteiger partial charge >= 0.3 is 0 Å². The van der Waals surface area contributed by atoms with Crippen LogP contribution in [0.25, 0.3) is 10.9 Å². The highest BCUT2D eigenvalue weighted by Gasteiger charge is 2.20. The molecule has 1 unspecified atom stereocenters. The maximum Gasteiger partial charge on any atom is 0.272 e. The van der Waals surface area contributed by atoms with E-state index in [2.05, 4.69) is 10.3 Å². The summed E-state index contributed by atoms with van der Waals surface area (Å²) in [5.74, 6) is -0.327. The number of amides is 2. The Balaban J connectivity index is 1.51. The third-order valence-electron chi connectivity index (χ3n) is 5.38. The van der Waals surface area contributed by atoms with E-state index in [0.29, 0.717) is 16.9 Å². The molecular weight excluding hydrogens is 386 g/mol. The second kappa shape index (κ2) is 8.79. The minimum atomic E-state index is -0.200. The summed E-state index contributed by atoms with van der Waals surface area (Å²) in [6.45, 7) is 1.96. The van der Waals surface area contributed by atoms with Crippen molar-refractivity contribution in [3.63, 3.8) is 0 Å². The highest BCUT2D eigenvalue weighted by atomic mass is 16.2. The van der Waals surface area contributed by atoms with Crippen molar-refractivity contribution in [1.29, 1.82) is 0 Å². The molecule has 0 bridgehead atoms. The van der Waals surface area contributed by atoms with E-state index in [1.165, 1.54) is 0 Å². The first kappa shape index (κ1) is 20.3. The smallest absolute Gasteiger partial charge is 0.272 e. The fraction of sp³-hybridized carbons (Fsp3) is 0.115. The van der Waals surface area contributed by atoms with Crippen molar-refractivity contribution in [2.45, 2.75) is 13.0 Å². The number of pyridine rings is 1. The maximum atomic E-state index is 13.0. The van der Waals surface area contributed by atoms with Crippen LogP contribution in [-0.4, -0.2) is 28.7 Å². The highest BCUT2D eigenvalue weighted by Crippen LogP contribution is 2.24. The van der Waals surface area contributed by atoms with Crippen LogP contribution < -0.4 is 5.32 Å². The number of hydrogen-bond acceptors (Lipinski definition) is 3. The van der Waals surface area contributed by atoms with Crippen molar-refractivity contribution in [3.05, 3.63) is 108 Å². The number of carbonyl (C=O) groups is 2. The fourth-order valence-electron chi connectivity index (χ4n) is 3.43. The molecule has 1 heterocycles. The van der Waals surface area contributed by atoms with Crippen LogP contribution in [0.15, 0.2) is 91.0 Å². The van der Waals surface area contributed by atoms with Gasteiger partial charge in [0, 0.05) is 23.7 Å². The average Bonchev–Trinajstić information content (AvgIpc) is 2.83. The van der Waals surface area contributed by atoms with Crippen molar-refractivity contribution in [3.8, 4) is 0 Å². The monoisotopic (exact) mass is 409 g/mol. The summed E-state index contributed by atoms with van der Waals surface area (Å²) in [6, 6.07) is 27.8. The van der Waals surface area contributed by atoms with E-state index < -0.39 is 0 Å². The van der Waals surface area contributed by atoms with Gasteiger partial charge in [-0.3, -0.25) is 9.59 Å². The topological polar surface area (TPSA) is 62.3 Å². The first-order valence-corrected chi connectivity index (χ1v) is 10.1. The van der Waals surface area contributed by atoms with Crippen LogP contribution >= 0.6 is 0 Å². The third kappa shape index (κ3) is 4.46. The summed E-state index contributed by atoms with van der Waals surface area (Å²) in [7, 11) is 1.76. The summed E-state index contributed by atoms with van der Waals surface area (Å²) in [5.41, 5.74) is 3.39. The zero-order chi connectivity index (χ0) is 21.8. The largest absolute Gasteiger partial charge is 0.334 e. The molecule has 5 heteroatoms. The summed E-state index contributed by atoms with van der Waals surface area (Å²) in [4.78, 5) is 31.7. The van der Waals surface area contributed by atoms with Crippen LogP contribution in [0.2, 0.25) is 0 Å². The van der Waals surface area contributed by atoms with E-state index in [0.717, 1.165) is 16.5 Å². The lowest BCUT2D eigenvalue weighted by Crippen LogP contribution is -2.30. The number of nitrogens with zero attached hydrogens (tertiary/aromatic N) is 2. The van der Waals surface area contributed by atoms with Crippen LogP contribution in [0, 0.1) is 0 Å². The Labute approximate surface area is 181 Å². The van der Waals surface area contributed by atoms with Gasteiger partial charge in [0.05, 0.1) is 11.6 Å². The standard InChI is InChI=1S/C26H23N3O2/c1-18(29(2)26(31)24-16-15-19-9-6-7-14-23(19)28-24)21-12-8-13-22(17-21)27-25(30)20-10-4-3-5-11-20/h3-18H,1-2H3,(H,27,30). The minimum Gasteiger partial charge on any atom is -0.334 e. The number of fused-ring (bicyclic) bond motifs is 1. The lowest BCUT2D eigenvalue weighted by molar-refractivity contribution is 0.0737. The Morgan fingerprint density at radius 3 is 2.42 bits per heavy atom. The van der Waals surface area contributed by atoms with Gasteiger partial charge in [0.15, 0.2) is 0 Å². The van der Waals surface area contributed by atoms with E-state index in [4.69, 9.17) is 0 Å². The van der Waals surface area contributed by atoms with E-state index >= 15 is 0 Å². The molecule has 0 radical (unpaired) electrons. The van der Waals surface area contributed by atoms with Gasteiger partial charge in [-0.25, -0.2) is 4.98 Å². The Kier molecular flexibility index (Phi) is 5.76. The maximum absolute atomic E-state index is 13.0. The van der Waals surface area contributed by atoms with Gasteiger partial charge < -0.3 is 10.2 Å². The molecule has 0 fully saturated rings. The molecule has 31 heavy (non-hydrogen) atoms. The van der Waals surface area contributed by atoms with E-state index in [1.807, 2.05) is 79.7 Å². The third-order valence-corrected chi connectivity index (χ3v) is 5.38. The number of benzene rings is 3.